The number of nitriles is 1. The van der Waals surface area contributed by atoms with Crippen LogP contribution in [0.15, 0.2) is 0 Å². The van der Waals surface area contributed by atoms with E-state index in [1.54, 1.807) is 0 Å². The average Bonchev–Trinajstić information content (AvgIpc) is 3.08. The molecule has 0 radical (unpaired) electrons. The molecular formula is C20H34N4O. The summed E-state index contributed by atoms with van der Waals surface area (Å²) in [6.45, 7) is 1.58. The molecule has 0 aromatic carbocycles. The number of carbonyl (C=O) groups excluding carboxylic acids is 1. The Hall–Kier alpha value is -1.12. The van der Waals surface area contributed by atoms with Gasteiger partial charge in [-0.25, -0.2) is 0 Å². The van der Waals surface area contributed by atoms with E-state index in [9.17, 15) is 10.1 Å². The Bertz CT molecular complexity index is 490. The standard InChI is InChI=1S/C20H34N4O/c21-14-20(11-12-24(15-20)17-9-5-2-6-10-17)23-19(25)18(22)13-16-7-3-1-4-8-16/h16-18H,1-13,15,22H2,(H,23,25). The fourth-order valence-corrected chi connectivity index (χ4v) is 5.04. The topological polar surface area (TPSA) is 82.1 Å². The molecule has 2 atom stereocenters. The maximum Gasteiger partial charge on any atom is 0.238 e. The van der Waals surface area contributed by atoms with Crippen LogP contribution in [0, 0.1) is 17.2 Å². The summed E-state index contributed by atoms with van der Waals surface area (Å²) in [6, 6.07) is 2.53. The lowest BCUT2D eigenvalue weighted by Crippen LogP contribution is -2.55. The summed E-state index contributed by atoms with van der Waals surface area (Å²) >= 11 is 0. The number of hydrogen-bond acceptors (Lipinski definition) is 4. The number of nitrogens with one attached hydrogen (secondary N) is 1. The minimum absolute atomic E-state index is 0.127. The van der Waals surface area contributed by atoms with Crippen LogP contribution in [0.25, 0.3) is 0 Å². The van der Waals surface area contributed by atoms with Gasteiger partial charge in [-0.15, -0.1) is 0 Å². The highest BCUT2D eigenvalue weighted by Crippen LogP contribution is 2.30. The van der Waals surface area contributed by atoms with Crippen molar-refractivity contribution in [2.24, 2.45) is 11.7 Å². The maximum atomic E-state index is 12.6. The highest BCUT2D eigenvalue weighted by molar-refractivity contribution is 5.82. The molecular weight excluding hydrogens is 312 g/mol. The van der Waals surface area contributed by atoms with Crippen LogP contribution >= 0.6 is 0 Å². The zero-order valence-electron chi connectivity index (χ0n) is 15.5. The van der Waals surface area contributed by atoms with Crippen LogP contribution in [0.5, 0.6) is 0 Å². The van der Waals surface area contributed by atoms with Gasteiger partial charge in [-0.1, -0.05) is 51.4 Å². The number of hydrogen-bond donors (Lipinski definition) is 2. The van der Waals surface area contributed by atoms with Crippen LogP contribution in [0.1, 0.15) is 77.0 Å². The summed E-state index contributed by atoms with van der Waals surface area (Å²) < 4.78 is 0. The first-order valence-electron chi connectivity index (χ1n) is 10.3. The number of likely N-dealkylation sites (tertiary alicyclic amines) is 1. The highest BCUT2D eigenvalue weighted by Gasteiger charge is 2.42. The second-order valence-corrected chi connectivity index (χ2v) is 8.54. The third-order valence-electron chi connectivity index (χ3n) is 6.62. The molecule has 0 spiro atoms. The molecule has 1 aliphatic heterocycles. The molecule has 140 valence electrons. The van der Waals surface area contributed by atoms with Gasteiger partial charge >= 0.3 is 0 Å². The molecule has 2 unspecified atom stereocenters. The van der Waals surface area contributed by atoms with Crippen LogP contribution in [0.3, 0.4) is 0 Å². The number of rotatable bonds is 5. The third-order valence-corrected chi connectivity index (χ3v) is 6.62. The number of nitrogens with two attached hydrogens (primary N) is 1. The van der Waals surface area contributed by atoms with Gasteiger partial charge in [0.25, 0.3) is 0 Å². The van der Waals surface area contributed by atoms with Gasteiger partial charge in [0.05, 0.1) is 12.1 Å². The SMILES string of the molecule is N#CC1(NC(=O)C(N)CC2CCCCC2)CCN(C2CCCCC2)C1. The smallest absolute Gasteiger partial charge is 0.238 e. The van der Waals surface area contributed by atoms with E-state index >= 15 is 0 Å². The molecule has 3 fully saturated rings. The van der Waals surface area contributed by atoms with Gasteiger partial charge in [-0.05, 0) is 31.6 Å². The van der Waals surface area contributed by atoms with E-state index in [1.807, 2.05) is 0 Å². The minimum Gasteiger partial charge on any atom is -0.335 e. The van der Waals surface area contributed by atoms with Gasteiger partial charge in [-0.2, -0.15) is 5.26 Å². The van der Waals surface area contributed by atoms with Crippen molar-refractivity contribution >= 4 is 5.91 Å². The van der Waals surface area contributed by atoms with Crippen molar-refractivity contribution in [3.63, 3.8) is 0 Å². The van der Waals surface area contributed by atoms with E-state index in [0.29, 0.717) is 18.5 Å². The van der Waals surface area contributed by atoms with E-state index in [0.717, 1.165) is 19.4 Å². The molecule has 2 saturated carbocycles. The molecule has 0 aromatic heterocycles. The Morgan fingerprint density at radius 3 is 2.44 bits per heavy atom. The molecule has 3 aliphatic rings. The van der Waals surface area contributed by atoms with Gasteiger partial charge in [-0.3, -0.25) is 9.69 Å². The van der Waals surface area contributed by atoms with E-state index < -0.39 is 11.6 Å². The van der Waals surface area contributed by atoms with Gasteiger partial charge in [0, 0.05) is 19.1 Å². The Balaban J connectivity index is 1.52. The molecule has 3 rings (SSSR count). The molecule has 1 saturated heterocycles. The predicted molar refractivity (Wildman–Crippen MR) is 98.7 cm³/mol. The molecule has 2 aliphatic carbocycles. The lowest BCUT2D eigenvalue weighted by atomic mass is 9.84. The second kappa shape index (κ2) is 8.51. The lowest BCUT2D eigenvalue weighted by molar-refractivity contribution is -0.124. The van der Waals surface area contributed by atoms with Crippen LogP contribution in [-0.2, 0) is 4.79 Å². The number of carbonyl (C=O) groups is 1. The minimum atomic E-state index is -0.737. The first-order valence-corrected chi connectivity index (χ1v) is 10.3. The zero-order valence-corrected chi connectivity index (χ0v) is 15.5. The molecule has 0 aromatic rings. The number of nitrogens with zero attached hydrogens (tertiary/aromatic N) is 2. The van der Waals surface area contributed by atoms with Crippen LogP contribution < -0.4 is 11.1 Å². The van der Waals surface area contributed by atoms with Crippen molar-refractivity contribution in [2.75, 3.05) is 13.1 Å². The molecule has 1 heterocycles. The Morgan fingerprint density at radius 2 is 1.80 bits per heavy atom. The summed E-state index contributed by atoms with van der Waals surface area (Å²) in [5, 5.41) is 12.8. The third kappa shape index (κ3) is 4.74. The molecule has 0 bridgehead atoms. The Morgan fingerprint density at radius 1 is 1.16 bits per heavy atom. The summed E-state index contributed by atoms with van der Waals surface area (Å²) in [7, 11) is 0. The van der Waals surface area contributed by atoms with Crippen molar-refractivity contribution < 1.29 is 4.79 Å². The molecule has 1 amide bonds. The summed E-state index contributed by atoms with van der Waals surface area (Å²) in [6.07, 6.45) is 14.1. The fraction of sp³-hybridized carbons (Fsp3) is 0.900. The van der Waals surface area contributed by atoms with Crippen molar-refractivity contribution in [3.8, 4) is 6.07 Å². The molecule has 5 heteroatoms. The van der Waals surface area contributed by atoms with Crippen molar-refractivity contribution in [3.05, 3.63) is 0 Å². The predicted octanol–water partition coefficient (Wildman–Crippen LogP) is 2.70. The van der Waals surface area contributed by atoms with Crippen molar-refractivity contribution in [2.45, 2.75) is 94.7 Å². The summed E-state index contributed by atoms with van der Waals surface area (Å²) in [5.41, 5.74) is 5.44. The van der Waals surface area contributed by atoms with E-state index in [2.05, 4.69) is 16.3 Å². The largest absolute Gasteiger partial charge is 0.335 e. The number of amides is 1. The normalized spacial score (nSPS) is 30.7. The lowest BCUT2D eigenvalue weighted by Gasteiger charge is -2.32. The molecule has 5 nitrogen and oxygen atoms in total. The maximum absolute atomic E-state index is 12.6. The van der Waals surface area contributed by atoms with E-state index in [-0.39, 0.29) is 5.91 Å². The van der Waals surface area contributed by atoms with E-state index in [4.69, 9.17) is 5.73 Å². The Kier molecular flexibility index (Phi) is 6.35. The summed E-state index contributed by atoms with van der Waals surface area (Å²) in [5.74, 6) is 0.451. The fourth-order valence-electron chi connectivity index (χ4n) is 5.04. The summed E-state index contributed by atoms with van der Waals surface area (Å²) in [4.78, 5) is 15.0. The van der Waals surface area contributed by atoms with Gasteiger partial charge in [0.15, 0.2) is 0 Å². The quantitative estimate of drug-likeness (QED) is 0.802. The van der Waals surface area contributed by atoms with Gasteiger partial charge < -0.3 is 11.1 Å². The zero-order chi connectivity index (χ0) is 17.7. The Labute approximate surface area is 152 Å². The van der Waals surface area contributed by atoms with Crippen molar-refractivity contribution in [1.29, 1.82) is 5.26 Å². The first-order chi connectivity index (χ1) is 12.1. The monoisotopic (exact) mass is 346 g/mol. The second-order valence-electron chi connectivity index (χ2n) is 8.54. The first kappa shape index (κ1) is 18.7. The highest BCUT2D eigenvalue weighted by atomic mass is 16.2. The van der Waals surface area contributed by atoms with Gasteiger partial charge in [0.1, 0.15) is 5.54 Å². The van der Waals surface area contributed by atoms with Crippen LogP contribution in [0.4, 0.5) is 0 Å². The van der Waals surface area contributed by atoms with Gasteiger partial charge in [0.2, 0.25) is 5.91 Å². The average molecular weight is 347 g/mol. The van der Waals surface area contributed by atoms with Crippen LogP contribution in [-0.4, -0.2) is 41.5 Å². The molecule has 3 N–H and O–H groups in total. The van der Waals surface area contributed by atoms with Crippen LogP contribution in [0.2, 0.25) is 0 Å². The van der Waals surface area contributed by atoms with Crippen molar-refractivity contribution in [1.82, 2.24) is 10.2 Å². The molecule has 25 heavy (non-hydrogen) atoms. The van der Waals surface area contributed by atoms with E-state index in [1.165, 1.54) is 64.2 Å².